The van der Waals surface area contributed by atoms with Crippen molar-refractivity contribution in [1.29, 1.82) is 0 Å². The van der Waals surface area contributed by atoms with Gasteiger partial charge in [-0.05, 0) is 43.3 Å². The summed E-state index contributed by atoms with van der Waals surface area (Å²) in [6.07, 6.45) is -0.675. The first-order valence-electron chi connectivity index (χ1n) is 8.31. The highest BCUT2D eigenvalue weighted by atomic mass is 32.1. The third-order valence-electron chi connectivity index (χ3n) is 4.04. The van der Waals surface area contributed by atoms with E-state index in [1.165, 1.54) is 11.3 Å². The maximum Gasteiger partial charge on any atom is 0.207 e. The van der Waals surface area contributed by atoms with Crippen molar-refractivity contribution in [2.24, 2.45) is 0 Å². The van der Waals surface area contributed by atoms with E-state index >= 15 is 0 Å². The molecule has 8 heteroatoms. The second-order valence-corrected chi connectivity index (χ2v) is 7.77. The number of benzene rings is 1. The molecule has 3 rings (SSSR count). The number of aliphatic hydroxyl groups excluding tert-OH is 1. The van der Waals surface area contributed by atoms with Gasteiger partial charge in [0.25, 0.3) is 0 Å². The molecule has 2 heterocycles. The SMILES string of the molecule is Cc1ccc(C)c(OCC(O)Cn2nc(N3CCOCC3)sc2=S)c1. The molecular weight excluding hydrogens is 358 g/mol. The first-order valence-corrected chi connectivity index (χ1v) is 9.54. The van der Waals surface area contributed by atoms with Crippen molar-refractivity contribution in [3.63, 3.8) is 0 Å². The van der Waals surface area contributed by atoms with Crippen LogP contribution in [-0.2, 0) is 11.3 Å². The van der Waals surface area contributed by atoms with E-state index in [-0.39, 0.29) is 6.61 Å². The quantitative estimate of drug-likeness (QED) is 0.776. The molecule has 25 heavy (non-hydrogen) atoms. The number of morpholine rings is 1. The molecule has 1 N–H and O–H groups in total. The summed E-state index contributed by atoms with van der Waals surface area (Å²) >= 11 is 6.85. The lowest BCUT2D eigenvalue weighted by Crippen LogP contribution is -2.36. The first-order chi connectivity index (χ1) is 12.0. The molecule has 0 spiro atoms. The van der Waals surface area contributed by atoms with Crippen molar-refractivity contribution in [2.75, 3.05) is 37.8 Å². The van der Waals surface area contributed by atoms with E-state index in [1.54, 1.807) is 4.68 Å². The Bertz CT molecular complexity index is 769. The third-order valence-corrected chi connectivity index (χ3v) is 5.40. The van der Waals surface area contributed by atoms with E-state index in [4.69, 9.17) is 21.7 Å². The molecule has 0 radical (unpaired) electrons. The zero-order chi connectivity index (χ0) is 17.8. The number of rotatable bonds is 6. The fourth-order valence-corrected chi connectivity index (χ4v) is 3.76. The topological polar surface area (TPSA) is 59.8 Å². The van der Waals surface area contributed by atoms with Crippen LogP contribution in [0.4, 0.5) is 5.13 Å². The van der Waals surface area contributed by atoms with Crippen molar-refractivity contribution in [2.45, 2.75) is 26.5 Å². The number of nitrogens with zero attached hydrogens (tertiary/aromatic N) is 3. The molecule has 1 aromatic carbocycles. The van der Waals surface area contributed by atoms with Crippen LogP contribution in [0.1, 0.15) is 11.1 Å². The molecule has 1 saturated heterocycles. The number of aliphatic hydroxyl groups is 1. The lowest BCUT2D eigenvalue weighted by atomic mass is 10.1. The van der Waals surface area contributed by atoms with Crippen LogP contribution < -0.4 is 9.64 Å². The second-order valence-electron chi connectivity index (χ2n) is 6.17. The zero-order valence-corrected chi connectivity index (χ0v) is 16.1. The van der Waals surface area contributed by atoms with E-state index < -0.39 is 6.10 Å². The van der Waals surface area contributed by atoms with Gasteiger partial charge in [0.05, 0.1) is 19.8 Å². The summed E-state index contributed by atoms with van der Waals surface area (Å²) in [5.74, 6) is 0.801. The highest BCUT2D eigenvalue weighted by Gasteiger charge is 2.17. The van der Waals surface area contributed by atoms with Gasteiger partial charge in [0.1, 0.15) is 18.5 Å². The van der Waals surface area contributed by atoms with Gasteiger partial charge in [0.15, 0.2) is 3.95 Å². The minimum atomic E-state index is -0.675. The number of aromatic nitrogens is 2. The number of anilines is 1. The Morgan fingerprint density at radius 3 is 2.88 bits per heavy atom. The molecule has 6 nitrogen and oxygen atoms in total. The van der Waals surface area contributed by atoms with Crippen molar-refractivity contribution in [3.8, 4) is 5.75 Å². The van der Waals surface area contributed by atoms with Gasteiger partial charge in [-0.3, -0.25) is 0 Å². The lowest BCUT2D eigenvalue weighted by molar-refractivity contribution is 0.0886. The van der Waals surface area contributed by atoms with Gasteiger partial charge in [0.2, 0.25) is 5.13 Å². The highest BCUT2D eigenvalue weighted by Crippen LogP contribution is 2.22. The zero-order valence-electron chi connectivity index (χ0n) is 14.5. The molecule has 1 atom stereocenters. The van der Waals surface area contributed by atoms with Crippen LogP contribution in [0.5, 0.6) is 5.75 Å². The largest absolute Gasteiger partial charge is 0.491 e. The minimum Gasteiger partial charge on any atom is -0.491 e. The maximum absolute atomic E-state index is 10.3. The Kier molecular flexibility index (Phi) is 6.06. The van der Waals surface area contributed by atoms with Crippen molar-refractivity contribution < 1.29 is 14.6 Å². The fraction of sp³-hybridized carbons (Fsp3) is 0.529. The number of hydrogen-bond acceptors (Lipinski definition) is 7. The lowest BCUT2D eigenvalue weighted by Gasteiger charge is -2.25. The molecule has 0 amide bonds. The van der Waals surface area contributed by atoms with Crippen molar-refractivity contribution in [3.05, 3.63) is 33.3 Å². The highest BCUT2D eigenvalue weighted by molar-refractivity contribution is 7.73. The van der Waals surface area contributed by atoms with Crippen LogP contribution in [0.15, 0.2) is 18.2 Å². The van der Waals surface area contributed by atoms with Gasteiger partial charge in [-0.2, -0.15) is 0 Å². The first kappa shape index (κ1) is 18.3. The molecule has 1 aliphatic rings. The van der Waals surface area contributed by atoms with Gasteiger partial charge in [-0.25, -0.2) is 4.68 Å². The number of ether oxygens (including phenoxy) is 2. The van der Waals surface area contributed by atoms with Crippen LogP contribution in [0, 0.1) is 17.8 Å². The predicted molar refractivity (Wildman–Crippen MR) is 101 cm³/mol. The van der Waals surface area contributed by atoms with Crippen LogP contribution in [0.25, 0.3) is 0 Å². The van der Waals surface area contributed by atoms with Crippen molar-refractivity contribution in [1.82, 2.24) is 9.78 Å². The standard InChI is InChI=1S/C17H23N3O3S2/c1-12-3-4-13(2)15(9-12)23-11-14(21)10-20-17(24)25-16(18-20)19-5-7-22-8-6-19/h3-4,9,14,21H,5-8,10-11H2,1-2H3. The van der Waals surface area contributed by atoms with E-state index in [0.717, 1.165) is 35.1 Å². The summed E-state index contributed by atoms with van der Waals surface area (Å²) in [7, 11) is 0. The van der Waals surface area contributed by atoms with Crippen LogP contribution in [0.3, 0.4) is 0 Å². The molecule has 0 aliphatic carbocycles. The summed E-state index contributed by atoms with van der Waals surface area (Å²) in [6.45, 7) is 7.59. The van der Waals surface area contributed by atoms with E-state index in [1.807, 2.05) is 32.0 Å². The van der Waals surface area contributed by atoms with Crippen LogP contribution in [-0.4, -0.2) is 53.9 Å². The Morgan fingerprint density at radius 1 is 1.36 bits per heavy atom. The predicted octanol–water partition coefficient (Wildman–Crippen LogP) is 2.57. The molecule has 1 aliphatic heterocycles. The molecule has 0 bridgehead atoms. The van der Waals surface area contributed by atoms with Gasteiger partial charge < -0.3 is 19.5 Å². The Morgan fingerprint density at radius 2 is 2.12 bits per heavy atom. The summed E-state index contributed by atoms with van der Waals surface area (Å²) in [4.78, 5) is 2.17. The maximum atomic E-state index is 10.3. The number of hydrogen-bond donors (Lipinski definition) is 1. The molecule has 136 valence electrons. The molecule has 1 fully saturated rings. The molecule has 2 aromatic rings. The molecule has 0 saturated carbocycles. The van der Waals surface area contributed by atoms with Gasteiger partial charge >= 0.3 is 0 Å². The Hall–Kier alpha value is -1.48. The smallest absolute Gasteiger partial charge is 0.207 e. The second kappa shape index (κ2) is 8.27. The fourth-order valence-electron chi connectivity index (χ4n) is 2.59. The molecule has 1 unspecified atom stereocenters. The average molecular weight is 382 g/mol. The van der Waals surface area contributed by atoms with E-state index in [2.05, 4.69) is 10.00 Å². The normalized spacial score (nSPS) is 16.0. The van der Waals surface area contributed by atoms with Crippen molar-refractivity contribution >= 4 is 28.7 Å². The summed E-state index contributed by atoms with van der Waals surface area (Å²) < 4.78 is 13.5. The minimum absolute atomic E-state index is 0.205. The molecule has 1 aromatic heterocycles. The summed E-state index contributed by atoms with van der Waals surface area (Å²) in [5.41, 5.74) is 2.18. The van der Waals surface area contributed by atoms with E-state index in [9.17, 15) is 5.11 Å². The molecular formula is C17H23N3O3S2. The van der Waals surface area contributed by atoms with E-state index in [0.29, 0.717) is 23.7 Å². The van der Waals surface area contributed by atoms with Gasteiger partial charge in [-0.15, -0.1) is 5.10 Å². The van der Waals surface area contributed by atoms with Crippen LogP contribution in [0.2, 0.25) is 0 Å². The third kappa shape index (κ3) is 4.78. The average Bonchev–Trinajstić information content (AvgIpc) is 2.97. The number of aryl methyl sites for hydroxylation is 2. The monoisotopic (exact) mass is 381 g/mol. The van der Waals surface area contributed by atoms with Gasteiger partial charge in [0, 0.05) is 13.1 Å². The van der Waals surface area contributed by atoms with Gasteiger partial charge in [-0.1, -0.05) is 23.5 Å². The van der Waals surface area contributed by atoms with Crippen LogP contribution >= 0.6 is 23.6 Å². The Labute approximate surface area is 156 Å². The summed E-state index contributed by atoms with van der Waals surface area (Å²) in [6, 6.07) is 6.04. The Balaban J connectivity index is 1.59. The summed E-state index contributed by atoms with van der Waals surface area (Å²) in [5, 5.41) is 15.7.